The maximum absolute atomic E-state index is 11.5. The molecular weight excluding hydrogens is 226 g/mol. The van der Waals surface area contributed by atoms with Gasteiger partial charge in [0.15, 0.2) is 9.84 Å². The summed E-state index contributed by atoms with van der Waals surface area (Å²) in [7, 11) is -2.90. The lowest BCUT2D eigenvalue weighted by Gasteiger charge is -2.29. The Morgan fingerprint density at radius 3 is 2.75 bits per heavy atom. The van der Waals surface area contributed by atoms with Crippen molar-refractivity contribution in [2.24, 2.45) is 5.92 Å². The van der Waals surface area contributed by atoms with Crippen molar-refractivity contribution in [1.82, 2.24) is 5.32 Å². The predicted molar refractivity (Wildman–Crippen MR) is 65.3 cm³/mol. The second kappa shape index (κ2) is 6.57. The highest BCUT2D eigenvalue weighted by Gasteiger charge is 2.22. The molecule has 2 unspecified atom stereocenters. The van der Waals surface area contributed by atoms with Crippen LogP contribution >= 0.6 is 0 Å². The smallest absolute Gasteiger partial charge is 0.152 e. The van der Waals surface area contributed by atoms with Crippen molar-refractivity contribution < 1.29 is 13.2 Å². The van der Waals surface area contributed by atoms with Crippen LogP contribution in [-0.2, 0) is 14.6 Å². The summed E-state index contributed by atoms with van der Waals surface area (Å²) in [4.78, 5) is 0. The fourth-order valence-electron chi connectivity index (χ4n) is 1.92. The zero-order valence-corrected chi connectivity index (χ0v) is 11.1. The van der Waals surface area contributed by atoms with Gasteiger partial charge in [0, 0.05) is 12.3 Å². The van der Waals surface area contributed by atoms with Crippen molar-refractivity contribution in [1.29, 1.82) is 0 Å². The second-order valence-electron chi connectivity index (χ2n) is 4.53. The highest BCUT2D eigenvalue weighted by atomic mass is 32.2. The standard InChI is InChI=1S/C11H23NO3S/c1-3-7-16(13,14)8-6-15-11-9-12-5-4-10(11)2/h10-12H,3-9H2,1-2H3. The zero-order valence-electron chi connectivity index (χ0n) is 10.2. The van der Waals surface area contributed by atoms with Gasteiger partial charge in [0.05, 0.1) is 18.5 Å². The predicted octanol–water partition coefficient (Wildman–Crippen LogP) is 0.826. The average Bonchev–Trinajstić information content (AvgIpc) is 2.20. The summed E-state index contributed by atoms with van der Waals surface area (Å²) < 4.78 is 28.6. The maximum atomic E-state index is 11.5. The molecule has 0 aromatic heterocycles. The molecule has 1 saturated heterocycles. The highest BCUT2D eigenvalue weighted by molar-refractivity contribution is 7.91. The van der Waals surface area contributed by atoms with Crippen molar-refractivity contribution in [2.75, 3.05) is 31.2 Å². The molecule has 0 spiro atoms. The van der Waals surface area contributed by atoms with Gasteiger partial charge in [0.1, 0.15) is 0 Å². The van der Waals surface area contributed by atoms with E-state index in [2.05, 4.69) is 12.2 Å². The quantitative estimate of drug-likeness (QED) is 0.757. The Kier molecular flexibility index (Phi) is 5.72. The monoisotopic (exact) mass is 249 g/mol. The minimum atomic E-state index is -2.90. The minimum absolute atomic E-state index is 0.157. The van der Waals surface area contributed by atoms with E-state index in [-0.39, 0.29) is 17.6 Å². The van der Waals surface area contributed by atoms with Crippen LogP contribution in [0.25, 0.3) is 0 Å². The number of nitrogens with one attached hydrogen (secondary N) is 1. The maximum Gasteiger partial charge on any atom is 0.152 e. The van der Waals surface area contributed by atoms with Crippen LogP contribution in [0, 0.1) is 5.92 Å². The first-order chi connectivity index (χ1) is 7.55. The molecule has 16 heavy (non-hydrogen) atoms. The summed E-state index contributed by atoms with van der Waals surface area (Å²) in [6.07, 6.45) is 1.96. The second-order valence-corrected chi connectivity index (χ2v) is 6.83. The van der Waals surface area contributed by atoms with Crippen LogP contribution in [0.2, 0.25) is 0 Å². The first kappa shape index (κ1) is 13.9. The van der Waals surface area contributed by atoms with E-state index in [0.29, 0.717) is 18.9 Å². The molecule has 0 saturated carbocycles. The molecule has 1 aliphatic heterocycles. The van der Waals surface area contributed by atoms with Gasteiger partial charge in [-0.15, -0.1) is 0 Å². The van der Waals surface area contributed by atoms with E-state index in [1.807, 2.05) is 6.92 Å². The molecule has 1 heterocycles. The summed E-state index contributed by atoms with van der Waals surface area (Å²) >= 11 is 0. The van der Waals surface area contributed by atoms with Crippen LogP contribution in [0.15, 0.2) is 0 Å². The van der Waals surface area contributed by atoms with Gasteiger partial charge in [-0.1, -0.05) is 13.8 Å². The van der Waals surface area contributed by atoms with Gasteiger partial charge in [0.25, 0.3) is 0 Å². The van der Waals surface area contributed by atoms with Crippen LogP contribution in [0.1, 0.15) is 26.7 Å². The van der Waals surface area contributed by atoms with Crippen molar-refractivity contribution >= 4 is 9.84 Å². The van der Waals surface area contributed by atoms with Crippen LogP contribution in [-0.4, -0.2) is 45.7 Å². The van der Waals surface area contributed by atoms with Crippen molar-refractivity contribution in [2.45, 2.75) is 32.8 Å². The van der Waals surface area contributed by atoms with Gasteiger partial charge in [-0.25, -0.2) is 8.42 Å². The molecule has 5 heteroatoms. The van der Waals surface area contributed by atoms with Gasteiger partial charge >= 0.3 is 0 Å². The normalized spacial score (nSPS) is 26.9. The third kappa shape index (κ3) is 4.80. The van der Waals surface area contributed by atoms with Crippen LogP contribution in [0.3, 0.4) is 0 Å². The molecule has 2 atom stereocenters. The molecule has 1 N–H and O–H groups in total. The molecule has 1 aliphatic rings. The molecule has 4 nitrogen and oxygen atoms in total. The Morgan fingerprint density at radius 2 is 2.12 bits per heavy atom. The number of hydrogen-bond acceptors (Lipinski definition) is 4. The first-order valence-electron chi connectivity index (χ1n) is 6.08. The largest absolute Gasteiger partial charge is 0.376 e. The number of piperidine rings is 1. The SMILES string of the molecule is CCCS(=O)(=O)CCOC1CNCCC1C. The third-order valence-corrected chi connectivity index (χ3v) is 4.82. The molecule has 0 amide bonds. The minimum Gasteiger partial charge on any atom is -0.376 e. The van der Waals surface area contributed by atoms with Crippen LogP contribution in [0.4, 0.5) is 0 Å². The van der Waals surface area contributed by atoms with Gasteiger partial charge in [-0.3, -0.25) is 0 Å². The number of hydrogen-bond donors (Lipinski definition) is 1. The summed E-state index contributed by atoms with van der Waals surface area (Å²) in [5.41, 5.74) is 0. The highest BCUT2D eigenvalue weighted by Crippen LogP contribution is 2.14. The molecule has 0 aromatic carbocycles. The van der Waals surface area contributed by atoms with Crippen molar-refractivity contribution in [3.05, 3.63) is 0 Å². The van der Waals surface area contributed by atoms with Crippen molar-refractivity contribution in [3.63, 3.8) is 0 Å². The molecule has 1 fully saturated rings. The van der Waals surface area contributed by atoms with E-state index in [1.165, 1.54) is 0 Å². The topological polar surface area (TPSA) is 55.4 Å². The van der Waals surface area contributed by atoms with Crippen molar-refractivity contribution in [3.8, 4) is 0 Å². The van der Waals surface area contributed by atoms with Gasteiger partial charge in [0.2, 0.25) is 0 Å². The molecule has 0 bridgehead atoms. The molecule has 0 aromatic rings. The zero-order chi connectivity index (χ0) is 12.0. The Balaban J connectivity index is 2.24. The van der Waals surface area contributed by atoms with E-state index in [0.717, 1.165) is 19.5 Å². The molecule has 1 rings (SSSR count). The number of ether oxygens (including phenoxy) is 1. The summed E-state index contributed by atoms with van der Waals surface area (Å²) in [5, 5.41) is 3.26. The first-order valence-corrected chi connectivity index (χ1v) is 7.90. The third-order valence-electron chi connectivity index (χ3n) is 3.00. The van der Waals surface area contributed by atoms with Gasteiger partial charge in [-0.2, -0.15) is 0 Å². The van der Waals surface area contributed by atoms with Crippen LogP contribution < -0.4 is 5.32 Å². The lowest BCUT2D eigenvalue weighted by molar-refractivity contribution is 0.0124. The average molecular weight is 249 g/mol. The Bertz CT molecular complexity index is 290. The summed E-state index contributed by atoms with van der Waals surface area (Å²) in [6, 6.07) is 0. The molecular formula is C11H23NO3S. The number of rotatable bonds is 6. The molecule has 0 radical (unpaired) electrons. The lowest BCUT2D eigenvalue weighted by atomic mass is 9.97. The fourth-order valence-corrected chi connectivity index (χ4v) is 3.10. The summed E-state index contributed by atoms with van der Waals surface area (Å²) in [6.45, 7) is 6.25. The van der Waals surface area contributed by atoms with E-state index in [4.69, 9.17) is 4.74 Å². The van der Waals surface area contributed by atoms with E-state index >= 15 is 0 Å². The Labute approximate surface area is 98.7 Å². The van der Waals surface area contributed by atoms with Gasteiger partial charge < -0.3 is 10.1 Å². The summed E-state index contributed by atoms with van der Waals surface area (Å²) in [5.74, 6) is 0.953. The van der Waals surface area contributed by atoms with E-state index in [9.17, 15) is 8.42 Å². The van der Waals surface area contributed by atoms with E-state index < -0.39 is 9.84 Å². The van der Waals surface area contributed by atoms with Gasteiger partial charge in [-0.05, 0) is 25.3 Å². The number of sulfone groups is 1. The van der Waals surface area contributed by atoms with E-state index in [1.54, 1.807) is 0 Å². The van der Waals surface area contributed by atoms with Crippen LogP contribution in [0.5, 0.6) is 0 Å². The molecule has 0 aliphatic carbocycles. The molecule has 96 valence electrons. The Hall–Kier alpha value is -0.130. The fraction of sp³-hybridized carbons (Fsp3) is 1.00. The Morgan fingerprint density at radius 1 is 1.38 bits per heavy atom. The lowest BCUT2D eigenvalue weighted by Crippen LogP contribution is -2.41.